The number of allylic oxidation sites excluding steroid dienone is 2. The summed E-state index contributed by atoms with van der Waals surface area (Å²) in [7, 11) is 0. The fourth-order valence-corrected chi connectivity index (χ4v) is 3.48. The zero-order valence-corrected chi connectivity index (χ0v) is 15.0. The highest BCUT2D eigenvalue weighted by Crippen LogP contribution is 2.59. The molecule has 2 N–H and O–H groups in total. The quantitative estimate of drug-likeness (QED) is 0.645. The van der Waals surface area contributed by atoms with Crippen LogP contribution in [0.25, 0.3) is 0 Å². The Morgan fingerprint density at radius 2 is 2.14 bits per heavy atom. The van der Waals surface area contributed by atoms with E-state index in [0.717, 1.165) is 5.82 Å². The fourth-order valence-electron chi connectivity index (χ4n) is 3.12. The molecule has 1 aromatic heterocycles. The summed E-state index contributed by atoms with van der Waals surface area (Å²) >= 11 is 5.22. The summed E-state index contributed by atoms with van der Waals surface area (Å²) in [5.74, 6) is 1.22. The maximum atomic E-state index is 12.5. The van der Waals surface area contributed by atoms with Crippen LogP contribution in [0.1, 0.15) is 53.4 Å². The van der Waals surface area contributed by atoms with Crippen molar-refractivity contribution in [1.82, 2.24) is 20.1 Å². The van der Waals surface area contributed by atoms with Crippen LogP contribution >= 0.6 is 12.2 Å². The van der Waals surface area contributed by atoms with E-state index in [9.17, 15) is 4.79 Å². The predicted molar refractivity (Wildman–Crippen MR) is 89.8 cm³/mol. The first kappa shape index (κ1) is 16.9. The van der Waals surface area contributed by atoms with E-state index in [4.69, 9.17) is 12.2 Å². The van der Waals surface area contributed by atoms with Gasteiger partial charge in [0.25, 0.3) is 0 Å². The van der Waals surface area contributed by atoms with Gasteiger partial charge >= 0.3 is 0 Å². The molecule has 0 aromatic carbocycles. The highest BCUT2D eigenvalue weighted by molar-refractivity contribution is 7.71. The van der Waals surface area contributed by atoms with Crippen molar-refractivity contribution < 1.29 is 4.79 Å². The summed E-state index contributed by atoms with van der Waals surface area (Å²) in [5.41, 5.74) is 1.29. The van der Waals surface area contributed by atoms with Gasteiger partial charge in [0, 0.05) is 6.04 Å². The lowest BCUT2D eigenvalue weighted by atomic mass is 10.1. The van der Waals surface area contributed by atoms with Gasteiger partial charge in [0.05, 0.1) is 12.5 Å². The fraction of sp³-hybridized carbons (Fsp3) is 0.688. The molecule has 1 amide bonds. The van der Waals surface area contributed by atoms with Crippen LogP contribution < -0.4 is 5.32 Å². The number of carbonyl (C=O) groups is 1. The Balaban J connectivity index is 2.03. The zero-order chi connectivity index (χ0) is 16.7. The van der Waals surface area contributed by atoms with Crippen molar-refractivity contribution in [3.05, 3.63) is 22.2 Å². The van der Waals surface area contributed by atoms with E-state index >= 15 is 0 Å². The standard InChI is InChI=1S/C16H26N4OS/c1-9(2)7-11-13(16(11,5)6)14(21)17-8-12-18-19-15(22)20(12)10(3)4/h7,10-11,13H,8H2,1-6H3,(H,17,21)(H,19,22). The number of amides is 1. The number of aromatic amines is 1. The minimum absolute atomic E-state index is 0.0319. The lowest BCUT2D eigenvalue weighted by Crippen LogP contribution is -2.28. The van der Waals surface area contributed by atoms with Gasteiger partial charge in [-0.25, -0.2) is 0 Å². The Morgan fingerprint density at radius 3 is 2.68 bits per heavy atom. The number of hydrogen-bond acceptors (Lipinski definition) is 3. The number of hydrogen-bond donors (Lipinski definition) is 2. The van der Waals surface area contributed by atoms with E-state index in [0.29, 0.717) is 17.2 Å². The van der Waals surface area contributed by atoms with E-state index in [1.165, 1.54) is 5.57 Å². The van der Waals surface area contributed by atoms with Gasteiger partial charge < -0.3 is 9.88 Å². The summed E-state index contributed by atoms with van der Waals surface area (Å²) in [6.45, 7) is 12.9. The molecule has 1 heterocycles. The molecule has 5 nitrogen and oxygen atoms in total. The molecule has 0 spiro atoms. The molecule has 2 atom stereocenters. The van der Waals surface area contributed by atoms with Gasteiger partial charge in [-0.05, 0) is 51.2 Å². The summed E-state index contributed by atoms with van der Waals surface area (Å²) < 4.78 is 2.52. The third-order valence-corrected chi connectivity index (χ3v) is 4.71. The first-order valence-corrected chi connectivity index (χ1v) is 8.15. The lowest BCUT2D eigenvalue weighted by Gasteiger charge is -2.11. The monoisotopic (exact) mass is 322 g/mol. The number of rotatable bonds is 5. The first-order valence-electron chi connectivity index (χ1n) is 7.74. The lowest BCUT2D eigenvalue weighted by molar-refractivity contribution is -0.123. The van der Waals surface area contributed by atoms with E-state index < -0.39 is 0 Å². The predicted octanol–water partition coefficient (Wildman–Crippen LogP) is 3.38. The van der Waals surface area contributed by atoms with E-state index in [2.05, 4.69) is 49.3 Å². The average molecular weight is 322 g/mol. The van der Waals surface area contributed by atoms with E-state index in [-0.39, 0.29) is 23.3 Å². The molecule has 2 rings (SSSR count). The molecule has 2 unspecified atom stereocenters. The van der Waals surface area contributed by atoms with Crippen molar-refractivity contribution >= 4 is 18.1 Å². The van der Waals surface area contributed by atoms with Gasteiger partial charge in [-0.15, -0.1) is 0 Å². The number of H-pyrrole nitrogens is 1. The van der Waals surface area contributed by atoms with Crippen molar-refractivity contribution in [2.45, 2.75) is 54.1 Å². The van der Waals surface area contributed by atoms with Gasteiger partial charge in [-0.1, -0.05) is 25.5 Å². The Morgan fingerprint density at radius 1 is 1.50 bits per heavy atom. The van der Waals surface area contributed by atoms with Crippen LogP contribution in [0.2, 0.25) is 0 Å². The number of carbonyl (C=O) groups excluding carboxylic acids is 1. The second-order valence-corrected chi connectivity index (χ2v) is 7.58. The number of nitrogens with one attached hydrogen (secondary N) is 2. The maximum Gasteiger partial charge on any atom is 0.224 e. The van der Waals surface area contributed by atoms with Crippen molar-refractivity contribution in [1.29, 1.82) is 0 Å². The van der Waals surface area contributed by atoms with E-state index in [1.54, 1.807) is 0 Å². The summed E-state index contributed by atoms with van der Waals surface area (Å²) in [6, 6.07) is 0.217. The van der Waals surface area contributed by atoms with E-state index in [1.807, 2.05) is 18.4 Å². The minimum Gasteiger partial charge on any atom is -0.349 e. The van der Waals surface area contributed by atoms with Crippen LogP contribution in [-0.2, 0) is 11.3 Å². The molecular weight excluding hydrogens is 296 g/mol. The van der Waals surface area contributed by atoms with Gasteiger partial charge in [-0.2, -0.15) is 5.10 Å². The first-order chi connectivity index (χ1) is 10.2. The van der Waals surface area contributed by atoms with Crippen molar-refractivity contribution in [2.75, 3.05) is 0 Å². The third-order valence-electron chi connectivity index (χ3n) is 4.42. The molecule has 1 aliphatic rings. The Labute approximate surface area is 137 Å². The average Bonchev–Trinajstić information content (AvgIpc) is 2.75. The molecule has 22 heavy (non-hydrogen) atoms. The topological polar surface area (TPSA) is 62.7 Å². The second kappa shape index (κ2) is 5.99. The van der Waals surface area contributed by atoms with Crippen LogP contribution in [0.3, 0.4) is 0 Å². The Bertz CT molecular complexity index is 649. The summed E-state index contributed by atoms with van der Waals surface area (Å²) in [4.78, 5) is 12.5. The number of nitrogens with zero attached hydrogens (tertiary/aromatic N) is 2. The van der Waals surface area contributed by atoms with Crippen molar-refractivity contribution in [3.63, 3.8) is 0 Å². The minimum atomic E-state index is 0.0319. The molecule has 0 saturated heterocycles. The number of aromatic nitrogens is 3. The molecule has 0 aliphatic heterocycles. The van der Waals surface area contributed by atoms with Gasteiger partial charge in [0.15, 0.2) is 10.6 Å². The molecule has 6 heteroatoms. The molecule has 1 aliphatic carbocycles. The second-order valence-electron chi connectivity index (χ2n) is 7.20. The van der Waals surface area contributed by atoms with Crippen LogP contribution in [0.5, 0.6) is 0 Å². The third kappa shape index (κ3) is 3.16. The van der Waals surface area contributed by atoms with Crippen LogP contribution in [0.4, 0.5) is 0 Å². The van der Waals surface area contributed by atoms with Crippen LogP contribution in [0, 0.1) is 22.0 Å². The molecule has 1 saturated carbocycles. The Hall–Kier alpha value is -1.43. The highest BCUT2D eigenvalue weighted by atomic mass is 32.1. The largest absolute Gasteiger partial charge is 0.349 e. The molecular formula is C16H26N4OS. The molecule has 0 bridgehead atoms. The zero-order valence-electron chi connectivity index (χ0n) is 14.2. The molecule has 0 radical (unpaired) electrons. The molecule has 122 valence electrons. The van der Waals surface area contributed by atoms with Gasteiger partial charge in [0.2, 0.25) is 5.91 Å². The van der Waals surface area contributed by atoms with Gasteiger partial charge in [-0.3, -0.25) is 9.89 Å². The summed E-state index contributed by atoms with van der Waals surface area (Å²) in [6.07, 6.45) is 2.20. The highest BCUT2D eigenvalue weighted by Gasteiger charge is 2.60. The van der Waals surface area contributed by atoms with Crippen molar-refractivity contribution in [2.24, 2.45) is 17.3 Å². The SMILES string of the molecule is CC(C)=CC1C(C(=O)NCc2n[nH]c(=S)n2C(C)C)C1(C)C. The van der Waals surface area contributed by atoms with Crippen molar-refractivity contribution in [3.8, 4) is 0 Å². The summed E-state index contributed by atoms with van der Waals surface area (Å²) in [5, 5.41) is 10.0. The smallest absolute Gasteiger partial charge is 0.224 e. The maximum absolute atomic E-state index is 12.5. The van der Waals surface area contributed by atoms with Gasteiger partial charge in [0.1, 0.15) is 0 Å². The molecule has 1 aromatic rings. The van der Waals surface area contributed by atoms with Crippen LogP contribution in [0.15, 0.2) is 11.6 Å². The Kier molecular flexibility index (Phi) is 4.61. The molecule has 1 fully saturated rings. The normalized spacial score (nSPS) is 22.5. The van der Waals surface area contributed by atoms with Crippen LogP contribution in [-0.4, -0.2) is 20.7 Å².